The number of hydrogen-bond acceptors (Lipinski definition) is 9. The van der Waals surface area contributed by atoms with Gasteiger partial charge in [0.1, 0.15) is 11.0 Å². The number of nitrogens with one attached hydrogen (secondary N) is 2. The number of thioether (sulfide) groups is 1. The van der Waals surface area contributed by atoms with Crippen LogP contribution in [0.15, 0.2) is 82.6 Å². The van der Waals surface area contributed by atoms with Crippen LogP contribution in [0.1, 0.15) is 39.2 Å². The number of aromatic amines is 1. The number of hydrogen-bond donors (Lipinski definition) is 2. The summed E-state index contributed by atoms with van der Waals surface area (Å²) in [7, 11) is 0. The van der Waals surface area contributed by atoms with Crippen LogP contribution in [-0.2, 0) is 25.3 Å². The number of nitrogens with zero attached hydrogens (tertiary/aromatic N) is 1. The Balaban J connectivity index is 1.28. The fourth-order valence-electron chi connectivity index (χ4n) is 5.55. The minimum atomic E-state index is -4.59. The Morgan fingerprint density at radius 2 is 1.72 bits per heavy atom. The van der Waals surface area contributed by atoms with Crippen molar-refractivity contribution in [3.63, 3.8) is 0 Å². The van der Waals surface area contributed by atoms with Crippen LogP contribution in [0.5, 0.6) is 5.75 Å². The van der Waals surface area contributed by atoms with Crippen LogP contribution in [0.3, 0.4) is 0 Å². The molecule has 0 saturated carbocycles. The molecular formula is C32H24F3N3O7S2. The Bertz CT molecular complexity index is 1940. The molecule has 2 aliphatic rings. The maximum absolute atomic E-state index is 14.1. The molecule has 1 aromatic heterocycles. The number of ether oxygens (including phenoxy) is 2. The first kappa shape index (κ1) is 32.1. The number of aromatic nitrogens is 1. The number of rotatable bonds is 8. The van der Waals surface area contributed by atoms with Gasteiger partial charge in [-0.2, -0.15) is 13.2 Å². The molecule has 242 valence electrons. The summed E-state index contributed by atoms with van der Waals surface area (Å²) in [5.41, 5.74) is -0.0445. The second-order valence-electron chi connectivity index (χ2n) is 10.5. The SMILES string of the molecule is CCOC(=O)c1ccc(N2C(=O)C3Sc4[nH]c(=O)sc4[C@H](c4ccccc4OCC(=O)Nc4cccc(C(F)(F)F)c4)C3C2=O)cc1. The van der Waals surface area contributed by atoms with Gasteiger partial charge in [0.15, 0.2) is 6.61 Å². The molecule has 3 aromatic carbocycles. The standard InChI is InChI=1S/C32H24F3N3O7S2/c1-2-44-30(42)16-10-12-19(13-11-16)38-28(40)24-23(25-27(37-31(43)47-25)46-26(24)29(38)41)20-8-3-4-9-21(20)45-15-22(39)36-18-7-5-6-17(14-18)32(33,34)35/h3-14,23-24,26H,2,15H2,1H3,(H,36,39)(H,37,43)/t23-,24?,26?/m1/s1. The minimum Gasteiger partial charge on any atom is -0.483 e. The maximum atomic E-state index is 14.1. The number of H-pyrrole nitrogens is 1. The average Bonchev–Trinajstić information content (AvgIpc) is 3.54. The zero-order valence-corrected chi connectivity index (χ0v) is 26.0. The lowest BCUT2D eigenvalue weighted by atomic mass is 9.82. The van der Waals surface area contributed by atoms with Crippen molar-refractivity contribution in [2.24, 2.45) is 5.92 Å². The second kappa shape index (κ2) is 12.7. The van der Waals surface area contributed by atoms with E-state index in [0.29, 0.717) is 15.5 Å². The summed E-state index contributed by atoms with van der Waals surface area (Å²) >= 11 is 1.98. The molecule has 6 rings (SSSR count). The van der Waals surface area contributed by atoms with Crippen LogP contribution >= 0.6 is 23.1 Å². The molecule has 0 radical (unpaired) electrons. The lowest BCUT2D eigenvalue weighted by molar-refractivity contribution is -0.137. The Labute approximate surface area is 272 Å². The van der Waals surface area contributed by atoms with E-state index in [9.17, 15) is 37.1 Å². The molecule has 47 heavy (non-hydrogen) atoms. The molecule has 3 amide bonds. The summed E-state index contributed by atoms with van der Waals surface area (Å²) in [6, 6.07) is 16.6. The number of thiazole rings is 1. The van der Waals surface area contributed by atoms with E-state index in [4.69, 9.17) is 9.47 Å². The quantitative estimate of drug-likeness (QED) is 0.185. The predicted octanol–water partition coefficient (Wildman–Crippen LogP) is 5.45. The number of anilines is 2. The summed E-state index contributed by atoms with van der Waals surface area (Å²) in [4.78, 5) is 69.1. The second-order valence-corrected chi connectivity index (χ2v) is 12.6. The molecule has 3 atom stereocenters. The van der Waals surface area contributed by atoms with Gasteiger partial charge in [0.2, 0.25) is 11.8 Å². The zero-order chi connectivity index (χ0) is 33.5. The van der Waals surface area contributed by atoms with Crippen LogP contribution in [0.4, 0.5) is 24.5 Å². The normalized spacial score (nSPS) is 18.8. The maximum Gasteiger partial charge on any atom is 0.416 e. The van der Waals surface area contributed by atoms with Crippen molar-refractivity contribution in [2.75, 3.05) is 23.4 Å². The highest BCUT2D eigenvalue weighted by molar-refractivity contribution is 8.00. The van der Waals surface area contributed by atoms with Crippen molar-refractivity contribution in [1.29, 1.82) is 0 Å². The van der Waals surface area contributed by atoms with Gasteiger partial charge in [-0.15, -0.1) is 0 Å². The van der Waals surface area contributed by atoms with E-state index in [0.717, 1.165) is 40.1 Å². The van der Waals surface area contributed by atoms with Gasteiger partial charge in [-0.3, -0.25) is 19.2 Å². The van der Waals surface area contributed by atoms with Crippen LogP contribution in [0.2, 0.25) is 0 Å². The lowest BCUT2D eigenvalue weighted by Crippen LogP contribution is -2.32. The van der Waals surface area contributed by atoms with Crippen molar-refractivity contribution in [3.8, 4) is 5.75 Å². The Morgan fingerprint density at radius 1 is 0.979 bits per heavy atom. The number of alkyl halides is 3. The van der Waals surface area contributed by atoms with Gasteiger partial charge < -0.3 is 19.8 Å². The van der Waals surface area contributed by atoms with Gasteiger partial charge in [0, 0.05) is 22.0 Å². The Morgan fingerprint density at radius 3 is 2.45 bits per heavy atom. The number of halogens is 3. The van der Waals surface area contributed by atoms with Gasteiger partial charge in [0.25, 0.3) is 5.91 Å². The van der Waals surface area contributed by atoms with E-state index >= 15 is 0 Å². The molecule has 1 fully saturated rings. The highest BCUT2D eigenvalue weighted by atomic mass is 32.2. The van der Waals surface area contributed by atoms with Crippen LogP contribution in [0.25, 0.3) is 0 Å². The van der Waals surface area contributed by atoms with E-state index in [-0.39, 0.29) is 34.2 Å². The zero-order valence-electron chi connectivity index (χ0n) is 24.3. The average molecular weight is 684 g/mol. The molecule has 0 aliphatic carbocycles. The largest absolute Gasteiger partial charge is 0.483 e. The summed E-state index contributed by atoms with van der Waals surface area (Å²) < 4.78 is 50.2. The number of amides is 3. The van der Waals surface area contributed by atoms with E-state index in [1.54, 1.807) is 31.2 Å². The van der Waals surface area contributed by atoms with Crippen molar-refractivity contribution in [3.05, 3.63) is 104 Å². The molecule has 15 heteroatoms. The van der Waals surface area contributed by atoms with E-state index in [1.807, 2.05) is 0 Å². The third-order valence-electron chi connectivity index (χ3n) is 7.55. The number of carbonyl (C=O) groups is 4. The molecule has 1 saturated heterocycles. The number of carbonyl (C=O) groups excluding carboxylic acids is 4. The smallest absolute Gasteiger partial charge is 0.416 e. The molecular weight excluding hydrogens is 659 g/mol. The third kappa shape index (κ3) is 6.27. The first-order chi connectivity index (χ1) is 22.5. The van der Waals surface area contributed by atoms with Crippen LogP contribution in [0, 0.1) is 5.92 Å². The number of imide groups is 1. The number of esters is 1. The van der Waals surface area contributed by atoms with Crippen molar-refractivity contribution >= 4 is 58.2 Å². The summed E-state index contributed by atoms with van der Waals surface area (Å²) in [6.45, 7) is 1.28. The van der Waals surface area contributed by atoms with Crippen molar-refractivity contribution in [2.45, 2.75) is 29.3 Å². The highest BCUT2D eigenvalue weighted by Crippen LogP contribution is 2.54. The molecule has 2 N–H and O–H groups in total. The van der Waals surface area contributed by atoms with E-state index in [2.05, 4.69) is 10.3 Å². The first-order valence-electron chi connectivity index (χ1n) is 14.2. The van der Waals surface area contributed by atoms with Gasteiger partial charge in [-0.1, -0.05) is 47.4 Å². The topological polar surface area (TPSA) is 135 Å². The van der Waals surface area contributed by atoms with Crippen LogP contribution < -0.4 is 19.8 Å². The third-order valence-corrected chi connectivity index (χ3v) is 9.95. The van der Waals surface area contributed by atoms with Gasteiger partial charge in [-0.25, -0.2) is 9.69 Å². The lowest BCUT2D eigenvalue weighted by Gasteiger charge is -2.30. The molecule has 4 aromatic rings. The van der Waals surface area contributed by atoms with E-state index in [1.165, 1.54) is 36.4 Å². The van der Waals surface area contributed by atoms with Gasteiger partial charge in [-0.05, 0) is 55.5 Å². The Hall–Kier alpha value is -4.89. The number of para-hydroxylation sites is 1. The molecule has 0 bridgehead atoms. The fraction of sp³-hybridized carbons (Fsp3) is 0.219. The summed E-state index contributed by atoms with van der Waals surface area (Å²) in [5.74, 6) is -3.89. The summed E-state index contributed by atoms with van der Waals surface area (Å²) in [5, 5.41) is 1.91. The molecule has 10 nitrogen and oxygen atoms in total. The first-order valence-corrected chi connectivity index (χ1v) is 15.9. The number of fused-ring (bicyclic) bond motifs is 2. The Kier molecular flexibility index (Phi) is 8.68. The van der Waals surface area contributed by atoms with E-state index < -0.39 is 59.1 Å². The monoisotopic (exact) mass is 683 g/mol. The van der Waals surface area contributed by atoms with Crippen molar-refractivity contribution in [1.82, 2.24) is 4.98 Å². The van der Waals surface area contributed by atoms with Gasteiger partial charge in [0.05, 0.1) is 34.4 Å². The molecule has 3 heterocycles. The fourth-order valence-corrected chi connectivity index (χ4v) is 8.06. The molecule has 0 spiro atoms. The molecule has 2 aliphatic heterocycles. The highest BCUT2D eigenvalue weighted by Gasteiger charge is 2.56. The summed E-state index contributed by atoms with van der Waals surface area (Å²) in [6.07, 6.45) is -4.59. The van der Waals surface area contributed by atoms with Crippen LogP contribution in [-0.4, -0.2) is 47.1 Å². The minimum absolute atomic E-state index is 0.0685. The predicted molar refractivity (Wildman–Crippen MR) is 167 cm³/mol. The van der Waals surface area contributed by atoms with Gasteiger partial charge >= 0.3 is 17.0 Å². The van der Waals surface area contributed by atoms with Crippen molar-refractivity contribution < 1.29 is 41.8 Å². The molecule has 2 unspecified atom stereocenters. The number of benzene rings is 3.